The second kappa shape index (κ2) is 4.13. The molecule has 3 heteroatoms. The normalized spacial score (nSPS) is 43.0. The molecule has 3 unspecified atom stereocenters. The number of hydrogen-bond donors (Lipinski definition) is 0. The average molecular weight is 311 g/mol. The molecule has 3 nitrogen and oxygen atoms in total. The third-order valence-corrected chi connectivity index (χ3v) is 7.29. The van der Waals surface area contributed by atoms with Gasteiger partial charge in [0.05, 0.1) is 7.11 Å². The van der Waals surface area contributed by atoms with E-state index in [9.17, 15) is 0 Å². The van der Waals surface area contributed by atoms with Crippen LogP contribution in [0.15, 0.2) is 24.3 Å². The molecular formula is C20H25NO2. The number of ether oxygens (including phenoxy) is 2. The van der Waals surface area contributed by atoms with Crippen molar-refractivity contribution in [2.45, 2.75) is 44.2 Å². The second-order valence-corrected chi connectivity index (χ2v) is 8.09. The van der Waals surface area contributed by atoms with Crippen molar-refractivity contribution in [2.24, 2.45) is 11.3 Å². The number of likely N-dealkylation sites (N-methyl/N-ethyl adjacent to an activating group) is 1. The quantitative estimate of drug-likeness (QED) is 0.744. The van der Waals surface area contributed by atoms with Crippen LogP contribution in [-0.2, 0) is 11.8 Å². The van der Waals surface area contributed by atoms with Gasteiger partial charge in [0, 0.05) is 28.4 Å². The van der Waals surface area contributed by atoms with Crippen LogP contribution in [0.4, 0.5) is 0 Å². The monoisotopic (exact) mass is 311 g/mol. The molecule has 0 radical (unpaired) electrons. The highest BCUT2D eigenvalue weighted by Gasteiger charge is 2.68. The summed E-state index contributed by atoms with van der Waals surface area (Å²) in [4.78, 5) is 2.56. The van der Waals surface area contributed by atoms with Crippen LogP contribution in [0.5, 0.6) is 11.5 Å². The summed E-state index contributed by atoms with van der Waals surface area (Å²) in [5.74, 6) is 2.37. The summed E-state index contributed by atoms with van der Waals surface area (Å²) in [6.07, 6.45) is 7.41. The van der Waals surface area contributed by atoms with Crippen LogP contribution in [0.1, 0.15) is 31.4 Å². The zero-order valence-electron chi connectivity index (χ0n) is 14.4. The highest BCUT2D eigenvalue weighted by atomic mass is 16.5. The van der Waals surface area contributed by atoms with Crippen molar-refractivity contribution < 1.29 is 9.47 Å². The van der Waals surface area contributed by atoms with Crippen molar-refractivity contribution in [3.8, 4) is 11.5 Å². The molecule has 0 saturated carbocycles. The third-order valence-electron chi connectivity index (χ3n) is 7.29. The second-order valence-electron chi connectivity index (χ2n) is 8.09. The maximum Gasteiger partial charge on any atom is 0.165 e. The van der Waals surface area contributed by atoms with Crippen LogP contribution < -0.4 is 9.47 Å². The van der Waals surface area contributed by atoms with E-state index in [1.807, 2.05) is 0 Å². The Morgan fingerprint density at radius 2 is 2.17 bits per heavy atom. The lowest BCUT2D eigenvalue weighted by Gasteiger charge is -2.63. The van der Waals surface area contributed by atoms with E-state index in [0.717, 1.165) is 24.5 Å². The van der Waals surface area contributed by atoms with Crippen LogP contribution in [0.25, 0.3) is 0 Å². The lowest BCUT2D eigenvalue weighted by Crippen LogP contribution is -2.69. The third kappa shape index (κ3) is 1.34. The summed E-state index contributed by atoms with van der Waals surface area (Å²) >= 11 is 0. The maximum atomic E-state index is 6.62. The van der Waals surface area contributed by atoms with Crippen molar-refractivity contribution in [1.29, 1.82) is 0 Å². The van der Waals surface area contributed by atoms with E-state index in [0.29, 0.717) is 12.0 Å². The fourth-order valence-electron chi connectivity index (χ4n) is 6.13. The van der Waals surface area contributed by atoms with Crippen LogP contribution in [-0.4, -0.2) is 37.7 Å². The van der Waals surface area contributed by atoms with Crippen molar-refractivity contribution in [1.82, 2.24) is 4.90 Å². The molecule has 0 N–H and O–H groups in total. The molecule has 2 heterocycles. The molecule has 5 atom stereocenters. The van der Waals surface area contributed by atoms with Gasteiger partial charge < -0.3 is 14.4 Å². The van der Waals surface area contributed by atoms with Crippen molar-refractivity contribution in [3.05, 3.63) is 35.4 Å². The summed E-state index contributed by atoms with van der Waals surface area (Å²) in [6, 6.07) is 4.93. The number of rotatable bonds is 1. The van der Waals surface area contributed by atoms with E-state index in [1.54, 1.807) is 7.11 Å². The van der Waals surface area contributed by atoms with Crippen LogP contribution in [0, 0.1) is 11.3 Å². The minimum Gasteiger partial charge on any atom is -0.493 e. The van der Waals surface area contributed by atoms with E-state index in [4.69, 9.17) is 9.47 Å². The van der Waals surface area contributed by atoms with E-state index in [-0.39, 0.29) is 16.9 Å². The van der Waals surface area contributed by atoms with E-state index in [1.165, 1.54) is 17.5 Å². The van der Waals surface area contributed by atoms with Crippen molar-refractivity contribution in [2.75, 3.05) is 20.7 Å². The Morgan fingerprint density at radius 1 is 1.35 bits per heavy atom. The zero-order chi connectivity index (χ0) is 16.0. The van der Waals surface area contributed by atoms with Crippen molar-refractivity contribution in [3.63, 3.8) is 0 Å². The Balaban J connectivity index is 1.87. The summed E-state index contributed by atoms with van der Waals surface area (Å²) in [7, 11) is 4.04. The summed E-state index contributed by atoms with van der Waals surface area (Å²) in [5, 5.41) is 0. The van der Waals surface area contributed by atoms with Gasteiger partial charge in [-0.15, -0.1) is 0 Å². The van der Waals surface area contributed by atoms with Gasteiger partial charge in [-0.05, 0) is 38.1 Å². The van der Waals surface area contributed by atoms with Gasteiger partial charge in [0.25, 0.3) is 0 Å². The Bertz CT molecular complexity index is 727. The molecule has 1 fully saturated rings. The SMILES string of the molecule is COc1ccc2c3c1O[C@H]1C(C)C=CC4(C)C(C2)N(C)CC[C@]314. The standard InChI is InChI=1S/C20H25NO2/c1-12-7-8-19(2)15-11-13-5-6-14(22-4)17-16(13)20(19,18(12)23-17)9-10-21(15)3/h5-8,12,15,18H,9-11H2,1-4H3/t12?,15?,18-,19?,20-/m0/s1. The first-order chi connectivity index (χ1) is 11.0. The fraction of sp³-hybridized carbons (Fsp3) is 0.600. The van der Waals surface area contributed by atoms with Crippen molar-refractivity contribution >= 4 is 0 Å². The van der Waals surface area contributed by atoms with E-state index >= 15 is 0 Å². The first-order valence-corrected chi connectivity index (χ1v) is 8.79. The predicted octanol–water partition coefficient (Wildman–Crippen LogP) is 3.17. The predicted molar refractivity (Wildman–Crippen MR) is 90.2 cm³/mol. The molecule has 1 aromatic rings. The molecule has 2 aliphatic carbocycles. The number of piperidine rings is 1. The molecule has 23 heavy (non-hydrogen) atoms. The van der Waals surface area contributed by atoms with Crippen LogP contribution in [0.2, 0.25) is 0 Å². The van der Waals surface area contributed by atoms with Gasteiger partial charge in [0.2, 0.25) is 0 Å². The maximum absolute atomic E-state index is 6.62. The number of methoxy groups -OCH3 is 1. The molecule has 4 aliphatic rings. The lowest BCUT2D eigenvalue weighted by atomic mass is 9.45. The highest BCUT2D eigenvalue weighted by Crippen LogP contribution is 2.68. The summed E-state index contributed by atoms with van der Waals surface area (Å²) in [5.41, 5.74) is 3.18. The summed E-state index contributed by atoms with van der Waals surface area (Å²) < 4.78 is 12.3. The zero-order valence-corrected chi connectivity index (χ0v) is 14.4. The Morgan fingerprint density at radius 3 is 2.96 bits per heavy atom. The topological polar surface area (TPSA) is 21.7 Å². The van der Waals surface area contributed by atoms with Gasteiger partial charge in [-0.1, -0.05) is 32.1 Å². The molecule has 0 amide bonds. The molecule has 1 aromatic carbocycles. The van der Waals surface area contributed by atoms with Gasteiger partial charge >= 0.3 is 0 Å². The molecule has 122 valence electrons. The van der Waals surface area contributed by atoms with Gasteiger partial charge in [0.1, 0.15) is 6.10 Å². The first kappa shape index (κ1) is 13.9. The van der Waals surface area contributed by atoms with E-state index in [2.05, 4.69) is 50.1 Å². The van der Waals surface area contributed by atoms with Gasteiger partial charge in [-0.2, -0.15) is 0 Å². The first-order valence-electron chi connectivity index (χ1n) is 8.79. The van der Waals surface area contributed by atoms with Crippen LogP contribution in [0.3, 0.4) is 0 Å². The molecular weight excluding hydrogens is 286 g/mol. The van der Waals surface area contributed by atoms with Gasteiger partial charge in [-0.3, -0.25) is 0 Å². The number of likely N-dealkylation sites (tertiary alicyclic amines) is 1. The average Bonchev–Trinajstić information content (AvgIpc) is 2.90. The largest absolute Gasteiger partial charge is 0.493 e. The highest BCUT2D eigenvalue weighted by molar-refractivity contribution is 5.63. The smallest absolute Gasteiger partial charge is 0.165 e. The molecule has 5 rings (SSSR count). The Labute approximate surface area is 138 Å². The fourth-order valence-corrected chi connectivity index (χ4v) is 6.13. The number of nitrogens with zero attached hydrogens (tertiary/aromatic N) is 1. The van der Waals surface area contributed by atoms with Gasteiger partial charge in [0.15, 0.2) is 11.5 Å². The lowest BCUT2D eigenvalue weighted by molar-refractivity contribution is -0.0687. The molecule has 0 aromatic heterocycles. The molecule has 2 aliphatic heterocycles. The minimum atomic E-state index is 0.107. The Kier molecular flexibility index (Phi) is 2.50. The molecule has 1 saturated heterocycles. The van der Waals surface area contributed by atoms with E-state index < -0.39 is 0 Å². The minimum absolute atomic E-state index is 0.107. The van der Waals surface area contributed by atoms with Crippen LogP contribution >= 0.6 is 0 Å². The molecule has 2 bridgehead atoms. The number of hydrogen-bond acceptors (Lipinski definition) is 3. The summed E-state index contributed by atoms with van der Waals surface area (Å²) in [6.45, 7) is 5.91. The molecule has 1 spiro atoms. The number of benzene rings is 1. The Hall–Kier alpha value is -1.48. The van der Waals surface area contributed by atoms with Gasteiger partial charge in [-0.25, -0.2) is 0 Å².